The fourth-order valence-electron chi connectivity index (χ4n) is 4.03. The van der Waals surface area contributed by atoms with Crippen LogP contribution in [-0.4, -0.2) is 55.3 Å². The Bertz CT molecular complexity index is 1100. The summed E-state index contributed by atoms with van der Waals surface area (Å²) in [5.74, 6) is 2.06. The number of Topliss-reactive ketones (excluding diaryl/α,β-unsaturated/α-hetero) is 1. The Balaban J connectivity index is 1.25. The Labute approximate surface area is 185 Å². The third-order valence-corrected chi connectivity index (χ3v) is 5.47. The largest absolute Gasteiger partial charge is 0.484 e. The maximum Gasteiger partial charge on any atom is 0.260 e. The molecule has 0 N–H and O–H groups in total. The van der Waals surface area contributed by atoms with E-state index in [0.29, 0.717) is 41.7 Å². The zero-order valence-corrected chi connectivity index (χ0v) is 17.8. The molecule has 0 saturated carbocycles. The van der Waals surface area contributed by atoms with Gasteiger partial charge in [0.2, 0.25) is 12.6 Å². The first kappa shape index (κ1) is 20.4. The molecular formula is C24H23NO7. The van der Waals surface area contributed by atoms with Gasteiger partial charge in [0.15, 0.2) is 23.9 Å². The second kappa shape index (κ2) is 8.20. The Morgan fingerprint density at radius 2 is 1.84 bits per heavy atom. The lowest BCUT2D eigenvalue weighted by Gasteiger charge is -2.35. The standard InChI is InChI=1S/C24H23NO7/c1-14-10-25(11-15(2)31-14)23(26)12-28-17-4-5-18-20(9-17)32-22(24(18)27)8-16-3-6-19-21(7-16)30-13-29-19/h3-9,14-15H,10-13H2,1-2H3. The van der Waals surface area contributed by atoms with Crippen molar-refractivity contribution in [1.82, 2.24) is 4.90 Å². The summed E-state index contributed by atoms with van der Waals surface area (Å²) in [6.45, 7) is 5.07. The van der Waals surface area contributed by atoms with Gasteiger partial charge in [-0.3, -0.25) is 9.59 Å². The maximum absolute atomic E-state index is 12.7. The summed E-state index contributed by atoms with van der Waals surface area (Å²) in [5.41, 5.74) is 1.22. The zero-order chi connectivity index (χ0) is 22.2. The Hall–Kier alpha value is -3.52. The van der Waals surface area contributed by atoms with Crippen LogP contribution in [0.2, 0.25) is 0 Å². The van der Waals surface area contributed by atoms with Crippen LogP contribution in [0.1, 0.15) is 29.8 Å². The number of rotatable bonds is 4. The summed E-state index contributed by atoms with van der Waals surface area (Å²) < 4.78 is 27.8. The smallest absolute Gasteiger partial charge is 0.260 e. The number of fused-ring (bicyclic) bond motifs is 2. The predicted molar refractivity (Wildman–Crippen MR) is 114 cm³/mol. The van der Waals surface area contributed by atoms with Crippen LogP contribution >= 0.6 is 0 Å². The Kier molecular flexibility index (Phi) is 5.22. The molecule has 0 bridgehead atoms. The average molecular weight is 437 g/mol. The van der Waals surface area contributed by atoms with Crippen molar-refractivity contribution in [2.24, 2.45) is 0 Å². The molecule has 8 heteroatoms. The number of ketones is 1. The first-order chi connectivity index (χ1) is 15.5. The molecular weight excluding hydrogens is 414 g/mol. The molecule has 1 saturated heterocycles. The minimum absolute atomic E-state index is 0.00271. The first-order valence-corrected chi connectivity index (χ1v) is 10.5. The van der Waals surface area contributed by atoms with Crippen LogP contribution in [0.5, 0.6) is 23.0 Å². The number of morpholine rings is 1. The molecule has 3 aliphatic rings. The van der Waals surface area contributed by atoms with Crippen LogP contribution in [0.4, 0.5) is 0 Å². The number of nitrogens with zero attached hydrogens (tertiary/aromatic N) is 1. The summed E-state index contributed by atoms with van der Waals surface area (Å²) in [5, 5.41) is 0. The number of hydrogen-bond acceptors (Lipinski definition) is 7. The average Bonchev–Trinajstić information content (AvgIpc) is 3.35. The number of ether oxygens (including phenoxy) is 5. The molecule has 0 radical (unpaired) electrons. The van der Waals surface area contributed by atoms with E-state index < -0.39 is 0 Å². The van der Waals surface area contributed by atoms with Crippen molar-refractivity contribution in [2.75, 3.05) is 26.5 Å². The van der Waals surface area contributed by atoms with Gasteiger partial charge in [0.25, 0.3) is 5.91 Å². The lowest BCUT2D eigenvalue weighted by atomic mass is 10.1. The second-order valence-corrected chi connectivity index (χ2v) is 8.06. The highest BCUT2D eigenvalue weighted by Crippen LogP contribution is 2.37. The molecule has 3 aliphatic heterocycles. The molecule has 0 aromatic heterocycles. The number of benzene rings is 2. The van der Waals surface area contributed by atoms with E-state index in [9.17, 15) is 9.59 Å². The highest BCUT2D eigenvalue weighted by molar-refractivity contribution is 6.14. The molecule has 8 nitrogen and oxygen atoms in total. The van der Waals surface area contributed by atoms with Crippen LogP contribution in [0, 0.1) is 0 Å². The molecule has 2 atom stereocenters. The van der Waals surface area contributed by atoms with E-state index in [1.54, 1.807) is 41.3 Å². The number of carbonyl (C=O) groups is 2. The van der Waals surface area contributed by atoms with Gasteiger partial charge in [0.1, 0.15) is 11.5 Å². The van der Waals surface area contributed by atoms with Crippen molar-refractivity contribution in [1.29, 1.82) is 0 Å². The minimum Gasteiger partial charge on any atom is -0.484 e. The lowest BCUT2D eigenvalue weighted by molar-refractivity contribution is -0.145. The van der Waals surface area contributed by atoms with E-state index in [1.807, 2.05) is 19.9 Å². The Morgan fingerprint density at radius 3 is 2.66 bits per heavy atom. The Morgan fingerprint density at radius 1 is 1.06 bits per heavy atom. The van der Waals surface area contributed by atoms with Crippen LogP contribution in [0.15, 0.2) is 42.2 Å². The van der Waals surface area contributed by atoms with Gasteiger partial charge in [-0.05, 0) is 49.8 Å². The topological polar surface area (TPSA) is 83.5 Å². The maximum atomic E-state index is 12.7. The van der Waals surface area contributed by atoms with E-state index in [2.05, 4.69) is 0 Å². The monoisotopic (exact) mass is 437 g/mol. The molecule has 3 heterocycles. The molecule has 166 valence electrons. The van der Waals surface area contributed by atoms with Gasteiger partial charge in [-0.2, -0.15) is 0 Å². The van der Waals surface area contributed by atoms with E-state index >= 15 is 0 Å². The van der Waals surface area contributed by atoms with E-state index in [1.165, 1.54) is 0 Å². The summed E-state index contributed by atoms with van der Waals surface area (Å²) >= 11 is 0. The van der Waals surface area contributed by atoms with Gasteiger partial charge in [0.05, 0.1) is 17.8 Å². The van der Waals surface area contributed by atoms with Gasteiger partial charge in [-0.15, -0.1) is 0 Å². The van der Waals surface area contributed by atoms with Crippen LogP contribution < -0.4 is 18.9 Å². The van der Waals surface area contributed by atoms with Gasteiger partial charge in [-0.25, -0.2) is 0 Å². The lowest BCUT2D eigenvalue weighted by Crippen LogP contribution is -2.49. The van der Waals surface area contributed by atoms with Crippen LogP contribution in [0.25, 0.3) is 6.08 Å². The van der Waals surface area contributed by atoms with Crippen molar-refractivity contribution in [3.63, 3.8) is 0 Å². The summed E-state index contributed by atoms with van der Waals surface area (Å²) in [6.07, 6.45) is 1.66. The number of hydrogen-bond donors (Lipinski definition) is 0. The summed E-state index contributed by atoms with van der Waals surface area (Å²) in [7, 11) is 0. The van der Waals surface area contributed by atoms with Crippen molar-refractivity contribution >= 4 is 17.8 Å². The molecule has 1 fully saturated rings. The van der Waals surface area contributed by atoms with Gasteiger partial charge in [-0.1, -0.05) is 6.07 Å². The van der Waals surface area contributed by atoms with Crippen molar-refractivity contribution in [3.8, 4) is 23.0 Å². The SMILES string of the molecule is CC1CN(C(=O)COc2ccc3c(c2)OC(=Cc2ccc4c(c2)OCO4)C3=O)CC(C)O1. The first-order valence-electron chi connectivity index (χ1n) is 10.5. The highest BCUT2D eigenvalue weighted by Gasteiger charge is 2.29. The molecule has 0 aliphatic carbocycles. The van der Waals surface area contributed by atoms with Crippen LogP contribution in [0.3, 0.4) is 0 Å². The normalized spacial score (nSPS) is 22.6. The fraction of sp³-hybridized carbons (Fsp3) is 0.333. The minimum atomic E-state index is -0.211. The molecule has 5 rings (SSSR count). The van der Waals surface area contributed by atoms with E-state index in [4.69, 9.17) is 23.7 Å². The highest BCUT2D eigenvalue weighted by atomic mass is 16.7. The quantitative estimate of drug-likeness (QED) is 0.680. The van der Waals surface area contributed by atoms with Crippen molar-refractivity contribution < 1.29 is 33.3 Å². The van der Waals surface area contributed by atoms with Crippen molar-refractivity contribution in [3.05, 3.63) is 53.3 Å². The number of carbonyl (C=O) groups excluding carboxylic acids is 2. The van der Waals surface area contributed by atoms with E-state index in [-0.39, 0.29) is 43.1 Å². The van der Waals surface area contributed by atoms with Crippen molar-refractivity contribution in [2.45, 2.75) is 26.1 Å². The number of amides is 1. The predicted octanol–water partition coefficient (Wildman–Crippen LogP) is 3.05. The molecule has 2 aromatic rings. The zero-order valence-electron chi connectivity index (χ0n) is 17.8. The summed E-state index contributed by atoms with van der Waals surface area (Å²) in [4.78, 5) is 27.0. The third-order valence-electron chi connectivity index (χ3n) is 5.47. The molecule has 1 amide bonds. The van der Waals surface area contributed by atoms with Gasteiger partial charge in [0, 0.05) is 19.2 Å². The van der Waals surface area contributed by atoms with Crippen LogP contribution in [-0.2, 0) is 9.53 Å². The second-order valence-electron chi connectivity index (χ2n) is 8.06. The van der Waals surface area contributed by atoms with Gasteiger partial charge >= 0.3 is 0 Å². The molecule has 2 unspecified atom stereocenters. The summed E-state index contributed by atoms with van der Waals surface area (Å²) in [6, 6.07) is 10.4. The molecule has 32 heavy (non-hydrogen) atoms. The van der Waals surface area contributed by atoms with E-state index in [0.717, 1.165) is 5.56 Å². The molecule has 2 aromatic carbocycles. The third kappa shape index (κ3) is 4.01. The van der Waals surface area contributed by atoms with Gasteiger partial charge < -0.3 is 28.6 Å². The number of allylic oxidation sites excluding steroid dienone is 1. The fourth-order valence-corrected chi connectivity index (χ4v) is 4.03. The molecule has 0 spiro atoms.